The first-order valence-corrected chi connectivity index (χ1v) is 6.56. The van der Waals surface area contributed by atoms with E-state index in [-0.39, 0.29) is 6.04 Å². The van der Waals surface area contributed by atoms with Crippen molar-refractivity contribution < 1.29 is 13.2 Å². The Morgan fingerprint density at radius 1 is 1.35 bits per heavy atom. The third-order valence-corrected chi connectivity index (χ3v) is 3.16. The minimum absolute atomic E-state index is 0.188. The number of nitrogen functional groups attached to an aromatic ring is 1. The lowest BCUT2D eigenvalue weighted by Crippen LogP contribution is -2.35. The Morgan fingerprint density at radius 3 is 2.47 bits per heavy atom. The van der Waals surface area contributed by atoms with Crippen molar-refractivity contribution in [1.82, 2.24) is 4.72 Å². The molecule has 0 atom stereocenters. The number of methoxy groups -OCH3 is 1. The molecule has 7 heteroatoms. The first-order chi connectivity index (χ1) is 7.84. The summed E-state index contributed by atoms with van der Waals surface area (Å²) in [5.41, 5.74) is 6.32. The molecule has 0 bridgehead atoms. The Hall–Kier alpha value is -1.47. The predicted octanol–water partition coefficient (Wildman–Crippen LogP) is 0.932. The van der Waals surface area contributed by atoms with Crippen LogP contribution in [0.3, 0.4) is 0 Å². The van der Waals surface area contributed by atoms with Crippen molar-refractivity contribution in [1.29, 1.82) is 0 Å². The first-order valence-electron chi connectivity index (χ1n) is 5.07. The lowest BCUT2D eigenvalue weighted by molar-refractivity contribution is 0.415. The fraction of sp³-hybridized carbons (Fsp3) is 0.400. The molecular weight excluding hydrogens is 242 g/mol. The zero-order valence-electron chi connectivity index (χ0n) is 10.0. The van der Waals surface area contributed by atoms with E-state index >= 15 is 0 Å². The van der Waals surface area contributed by atoms with Crippen LogP contribution >= 0.6 is 0 Å². The standard InChI is InChI=1S/C10H17N3O3S/c1-7(2)12-17(14,15)13-10-5-4-8(16-3)6-9(10)11/h4-7,12-13H,11H2,1-3H3. The minimum Gasteiger partial charge on any atom is -0.497 e. The second kappa shape index (κ2) is 5.24. The molecule has 6 nitrogen and oxygen atoms in total. The van der Waals surface area contributed by atoms with Crippen LogP contribution in [0, 0.1) is 0 Å². The zero-order chi connectivity index (χ0) is 13.1. The van der Waals surface area contributed by atoms with Gasteiger partial charge < -0.3 is 10.5 Å². The second-order valence-corrected chi connectivity index (χ2v) is 5.28. The largest absolute Gasteiger partial charge is 0.497 e. The number of benzene rings is 1. The van der Waals surface area contributed by atoms with E-state index in [2.05, 4.69) is 9.44 Å². The van der Waals surface area contributed by atoms with E-state index in [0.29, 0.717) is 17.1 Å². The van der Waals surface area contributed by atoms with Gasteiger partial charge in [-0.25, -0.2) is 0 Å². The van der Waals surface area contributed by atoms with E-state index in [1.807, 2.05) is 0 Å². The van der Waals surface area contributed by atoms with Crippen molar-refractivity contribution in [2.75, 3.05) is 17.6 Å². The molecular formula is C10H17N3O3S. The highest BCUT2D eigenvalue weighted by molar-refractivity contribution is 7.90. The Bertz CT molecular complexity index is 486. The second-order valence-electron chi connectivity index (χ2n) is 3.83. The summed E-state index contributed by atoms with van der Waals surface area (Å²) < 4.78 is 32.9. The van der Waals surface area contributed by atoms with Crippen molar-refractivity contribution in [3.05, 3.63) is 18.2 Å². The molecule has 1 aromatic carbocycles. The highest BCUT2D eigenvalue weighted by Crippen LogP contribution is 2.24. The summed E-state index contributed by atoms with van der Waals surface area (Å²) in [6.45, 7) is 3.47. The van der Waals surface area contributed by atoms with Crippen LogP contribution in [-0.2, 0) is 10.2 Å². The van der Waals surface area contributed by atoms with Gasteiger partial charge in [-0.15, -0.1) is 0 Å². The van der Waals surface area contributed by atoms with E-state index < -0.39 is 10.2 Å². The molecule has 0 aliphatic carbocycles. The van der Waals surface area contributed by atoms with Crippen LogP contribution in [-0.4, -0.2) is 21.6 Å². The Balaban J connectivity index is 2.89. The van der Waals surface area contributed by atoms with Gasteiger partial charge in [0.25, 0.3) is 10.2 Å². The molecule has 0 heterocycles. The zero-order valence-corrected chi connectivity index (χ0v) is 10.8. The third-order valence-electron chi connectivity index (χ3n) is 1.89. The number of anilines is 2. The first kappa shape index (κ1) is 13.6. The molecule has 0 unspecified atom stereocenters. The lowest BCUT2D eigenvalue weighted by atomic mass is 10.2. The van der Waals surface area contributed by atoms with Gasteiger partial charge in [-0.1, -0.05) is 0 Å². The molecule has 0 amide bonds. The number of nitrogens with one attached hydrogen (secondary N) is 2. The summed E-state index contributed by atoms with van der Waals surface area (Å²) in [4.78, 5) is 0. The van der Waals surface area contributed by atoms with E-state index in [4.69, 9.17) is 10.5 Å². The molecule has 0 fully saturated rings. The molecule has 1 rings (SSSR count). The molecule has 0 aliphatic heterocycles. The number of hydrogen-bond acceptors (Lipinski definition) is 4. The molecule has 96 valence electrons. The highest BCUT2D eigenvalue weighted by atomic mass is 32.2. The molecule has 0 aliphatic rings. The SMILES string of the molecule is COc1ccc(NS(=O)(=O)NC(C)C)c(N)c1. The minimum atomic E-state index is -3.60. The van der Waals surface area contributed by atoms with Gasteiger partial charge in [0.1, 0.15) is 5.75 Å². The van der Waals surface area contributed by atoms with Crippen LogP contribution in [0.2, 0.25) is 0 Å². The van der Waals surface area contributed by atoms with E-state index in [9.17, 15) is 8.42 Å². The average Bonchev–Trinajstić information content (AvgIpc) is 2.18. The van der Waals surface area contributed by atoms with Gasteiger partial charge in [0.05, 0.1) is 18.5 Å². The van der Waals surface area contributed by atoms with Gasteiger partial charge in [-0.2, -0.15) is 13.1 Å². The fourth-order valence-corrected chi connectivity index (χ4v) is 2.40. The summed E-state index contributed by atoms with van der Waals surface area (Å²) in [7, 11) is -2.08. The molecule has 1 aromatic rings. The molecule has 0 aromatic heterocycles. The van der Waals surface area contributed by atoms with Crippen molar-refractivity contribution in [3.63, 3.8) is 0 Å². The lowest BCUT2D eigenvalue weighted by Gasteiger charge is -2.13. The Kier molecular flexibility index (Phi) is 4.19. The topological polar surface area (TPSA) is 93.4 Å². The van der Waals surface area contributed by atoms with Gasteiger partial charge in [0.2, 0.25) is 0 Å². The molecule has 4 N–H and O–H groups in total. The molecule has 0 radical (unpaired) electrons. The van der Waals surface area contributed by atoms with Crippen LogP contribution in [0.15, 0.2) is 18.2 Å². The Labute approximate surface area is 101 Å². The normalized spacial score (nSPS) is 11.5. The summed E-state index contributed by atoms with van der Waals surface area (Å²) in [5.74, 6) is 0.572. The van der Waals surface area contributed by atoms with Crippen molar-refractivity contribution in [3.8, 4) is 5.75 Å². The van der Waals surface area contributed by atoms with Gasteiger partial charge in [-0.05, 0) is 26.0 Å². The van der Waals surface area contributed by atoms with Crippen LogP contribution in [0.1, 0.15) is 13.8 Å². The quantitative estimate of drug-likeness (QED) is 0.686. The van der Waals surface area contributed by atoms with E-state index in [1.54, 1.807) is 32.0 Å². The average molecular weight is 259 g/mol. The van der Waals surface area contributed by atoms with Crippen LogP contribution in [0.25, 0.3) is 0 Å². The van der Waals surface area contributed by atoms with E-state index in [0.717, 1.165) is 0 Å². The summed E-state index contributed by atoms with van der Waals surface area (Å²) >= 11 is 0. The van der Waals surface area contributed by atoms with Crippen molar-refractivity contribution >= 4 is 21.6 Å². The number of rotatable bonds is 5. The smallest absolute Gasteiger partial charge is 0.299 e. The molecule has 0 saturated heterocycles. The van der Waals surface area contributed by atoms with Crippen molar-refractivity contribution in [2.45, 2.75) is 19.9 Å². The maximum absolute atomic E-state index is 11.6. The van der Waals surface area contributed by atoms with Crippen LogP contribution in [0.5, 0.6) is 5.75 Å². The monoisotopic (exact) mass is 259 g/mol. The van der Waals surface area contributed by atoms with Gasteiger partial charge in [0, 0.05) is 12.1 Å². The van der Waals surface area contributed by atoms with Gasteiger partial charge >= 0.3 is 0 Å². The number of ether oxygens (including phenoxy) is 1. The van der Waals surface area contributed by atoms with Gasteiger partial charge in [0.15, 0.2) is 0 Å². The Morgan fingerprint density at radius 2 is 2.00 bits per heavy atom. The number of hydrogen-bond donors (Lipinski definition) is 3. The van der Waals surface area contributed by atoms with Gasteiger partial charge in [-0.3, -0.25) is 4.72 Å². The van der Waals surface area contributed by atoms with Crippen LogP contribution in [0.4, 0.5) is 11.4 Å². The summed E-state index contributed by atoms with van der Waals surface area (Å²) in [5, 5.41) is 0. The fourth-order valence-electron chi connectivity index (χ4n) is 1.25. The molecule has 17 heavy (non-hydrogen) atoms. The summed E-state index contributed by atoms with van der Waals surface area (Å²) in [6, 6.07) is 4.54. The van der Waals surface area contributed by atoms with Crippen LogP contribution < -0.4 is 19.9 Å². The highest BCUT2D eigenvalue weighted by Gasteiger charge is 2.13. The summed E-state index contributed by atoms with van der Waals surface area (Å²) in [6.07, 6.45) is 0. The van der Waals surface area contributed by atoms with E-state index in [1.165, 1.54) is 7.11 Å². The molecule has 0 saturated carbocycles. The number of nitrogens with two attached hydrogens (primary N) is 1. The maximum atomic E-state index is 11.6. The third kappa shape index (κ3) is 4.12. The molecule has 0 spiro atoms. The predicted molar refractivity (Wildman–Crippen MR) is 68.2 cm³/mol. The maximum Gasteiger partial charge on any atom is 0.299 e. The van der Waals surface area contributed by atoms with Crippen molar-refractivity contribution in [2.24, 2.45) is 0 Å².